The summed E-state index contributed by atoms with van der Waals surface area (Å²) in [7, 11) is 0. The first-order chi connectivity index (χ1) is 10.2. The highest BCUT2D eigenvalue weighted by molar-refractivity contribution is 6.31. The van der Waals surface area contributed by atoms with E-state index in [1.54, 1.807) is 0 Å². The van der Waals surface area contributed by atoms with Gasteiger partial charge in [-0.05, 0) is 42.7 Å². The van der Waals surface area contributed by atoms with Gasteiger partial charge in [-0.2, -0.15) is 0 Å². The molecule has 0 radical (unpaired) electrons. The zero-order chi connectivity index (χ0) is 14.4. The van der Waals surface area contributed by atoms with Crippen LogP contribution in [0.5, 0.6) is 0 Å². The fraction of sp³-hybridized carbons (Fsp3) is 0.222. The highest BCUT2D eigenvalue weighted by Crippen LogP contribution is 2.36. The van der Waals surface area contributed by atoms with Crippen molar-refractivity contribution in [1.29, 1.82) is 0 Å². The Hall–Kier alpha value is -1.77. The lowest BCUT2D eigenvalue weighted by Crippen LogP contribution is -2.30. The smallest absolute Gasteiger partial charge is 0.0746 e. The predicted octanol–water partition coefficient (Wildman–Crippen LogP) is 4.36. The van der Waals surface area contributed by atoms with E-state index in [0.717, 1.165) is 23.6 Å². The number of hydrogen-bond acceptors (Lipinski definition) is 1. The summed E-state index contributed by atoms with van der Waals surface area (Å²) in [6.07, 6.45) is 1.06. The van der Waals surface area contributed by atoms with E-state index in [4.69, 9.17) is 11.6 Å². The van der Waals surface area contributed by atoms with Gasteiger partial charge in [0.1, 0.15) is 0 Å². The Morgan fingerprint density at radius 3 is 2.86 bits per heavy atom. The van der Waals surface area contributed by atoms with Gasteiger partial charge < -0.3 is 10.3 Å². The standard InChI is InChI=1S/C18H17ClN2/c1-11-6-7-16-14(10-11)12-8-9-20-17(18(12)21-16)13-4-2-3-5-15(13)19/h2-7,10,17,20-21H,8-9H2,1H3. The second-order valence-corrected chi connectivity index (χ2v) is 6.13. The van der Waals surface area contributed by atoms with E-state index >= 15 is 0 Å². The summed E-state index contributed by atoms with van der Waals surface area (Å²) in [4.78, 5) is 3.60. The van der Waals surface area contributed by atoms with Crippen LogP contribution in [-0.4, -0.2) is 11.5 Å². The van der Waals surface area contributed by atoms with E-state index in [-0.39, 0.29) is 6.04 Å². The van der Waals surface area contributed by atoms with Crippen LogP contribution in [0.25, 0.3) is 10.9 Å². The van der Waals surface area contributed by atoms with Crippen molar-refractivity contribution in [3.05, 3.63) is 69.9 Å². The first-order valence-corrected chi connectivity index (χ1v) is 7.71. The zero-order valence-corrected chi connectivity index (χ0v) is 12.7. The molecule has 1 aliphatic rings. The van der Waals surface area contributed by atoms with Crippen LogP contribution in [0.1, 0.15) is 28.4 Å². The molecule has 1 atom stereocenters. The molecule has 2 aromatic carbocycles. The van der Waals surface area contributed by atoms with E-state index in [1.165, 1.54) is 27.7 Å². The van der Waals surface area contributed by atoms with Crippen molar-refractivity contribution in [3.63, 3.8) is 0 Å². The van der Waals surface area contributed by atoms with Crippen molar-refractivity contribution < 1.29 is 0 Å². The minimum Gasteiger partial charge on any atom is -0.357 e. The number of benzene rings is 2. The van der Waals surface area contributed by atoms with Crippen LogP contribution >= 0.6 is 11.6 Å². The lowest BCUT2D eigenvalue weighted by Gasteiger charge is -2.25. The lowest BCUT2D eigenvalue weighted by atomic mass is 9.94. The molecule has 0 spiro atoms. The molecule has 0 amide bonds. The average molecular weight is 297 g/mol. The van der Waals surface area contributed by atoms with E-state index in [9.17, 15) is 0 Å². The van der Waals surface area contributed by atoms with Gasteiger partial charge in [0.15, 0.2) is 0 Å². The maximum absolute atomic E-state index is 6.39. The molecule has 4 rings (SSSR count). The van der Waals surface area contributed by atoms with Crippen LogP contribution in [0.4, 0.5) is 0 Å². The molecule has 2 nitrogen and oxygen atoms in total. The molecule has 0 fully saturated rings. The first-order valence-electron chi connectivity index (χ1n) is 7.33. The minimum atomic E-state index is 0.148. The fourth-order valence-electron chi connectivity index (χ4n) is 3.32. The number of H-pyrrole nitrogens is 1. The van der Waals surface area contributed by atoms with Gasteiger partial charge in [0, 0.05) is 28.2 Å². The van der Waals surface area contributed by atoms with Gasteiger partial charge in [-0.1, -0.05) is 41.4 Å². The third-order valence-electron chi connectivity index (χ3n) is 4.32. The Labute approximate surface area is 129 Å². The molecule has 0 bridgehead atoms. The molecule has 1 aromatic heterocycles. The number of fused-ring (bicyclic) bond motifs is 3. The van der Waals surface area contributed by atoms with E-state index in [0.29, 0.717) is 0 Å². The summed E-state index contributed by atoms with van der Waals surface area (Å²) in [5, 5.41) is 5.76. The Balaban J connectivity index is 1.92. The van der Waals surface area contributed by atoms with Crippen LogP contribution < -0.4 is 5.32 Å². The van der Waals surface area contributed by atoms with Gasteiger partial charge in [0.2, 0.25) is 0 Å². The molecular weight excluding hydrogens is 280 g/mol. The van der Waals surface area contributed by atoms with Gasteiger partial charge in [-0.15, -0.1) is 0 Å². The molecule has 2 heterocycles. The van der Waals surface area contributed by atoms with Crippen LogP contribution in [0.15, 0.2) is 42.5 Å². The van der Waals surface area contributed by atoms with Gasteiger partial charge in [-0.3, -0.25) is 0 Å². The lowest BCUT2D eigenvalue weighted by molar-refractivity contribution is 0.560. The maximum atomic E-state index is 6.39. The Morgan fingerprint density at radius 2 is 2.00 bits per heavy atom. The molecule has 1 aliphatic heterocycles. The summed E-state index contributed by atoms with van der Waals surface area (Å²) in [6, 6.07) is 14.8. The van der Waals surface area contributed by atoms with Crippen molar-refractivity contribution in [2.75, 3.05) is 6.54 Å². The van der Waals surface area contributed by atoms with Gasteiger partial charge in [0.05, 0.1) is 6.04 Å². The van der Waals surface area contributed by atoms with Crippen LogP contribution in [0.2, 0.25) is 5.02 Å². The summed E-state index contributed by atoms with van der Waals surface area (Å²) < 4.78 is 0. The van der Waals surface area contributed by atoms with Crippen molar-refractivity contribution in [3.8, 4) is 0 Å². The molecule has 21 heavy (non-hydrogen) atoms. The largest absolute Gasteiger partial charge is 0.357 e. The van der Waals surface area contributed by atoms with Crippen LogP contribution in [0.3, 0.4) is 0 Å². The summed E-state index contributed by atoms with van der Waals surface area (Å²) >= 11 is 6.39. The molecule has 1 unspecified atom stereocenters. The SMILES string of the molecule is Cc1ccc2[nH]c3c(c2c1)CCNC3c1ccccc1Cl. The number of aromatic amines is 1. The molecule has 3 aromatic rings. The fourth-order valence-corrected chi connectivity index (χ4v) is 3.56. The number of nitrogens with one attached hydrogen (secondary N) is 2. The second-order valence-electron chi connectivity index (χ2n) is 5.72. The number of halogens is 1. The topological polar surface area (TPSA) is 27.8 Å². The van der Waals surface area contributed by atoms with Crippen molar-refractivity contribution in [2.45, 2.75) is 19.4 Å². The van der Waals surface area contributed by atoms with Crippen molar-refractivity contribution >= 4 is 22.5 Å². The summed E-state index contributed by atoms with van der Waals surface area (Å²) in [5.74, 6) is 0. The molecule has 2 N–H and O–H groups in total. The minimum absolute atomic E-state index is 0.148. The Morgan fingerprint density at radius 1 is 1.14 bits per heavy atom. The van der Waals surface area contributed by atoms with Crippen molar-refractivity contribution in [1.82, 2.24) is 10.3 Å². The summed E-state index contributed by atoms with van der Waals surface area (Å²) in [6.45, 7) is 3.12. The van der Waals surface area contributed by atoms with Crippen LogP contribution in [-0.2, 0) is 6.42 Å². The van der Waals surface area contributed by atoms with Gasteiger partial charge >= 0.3 is 0 Å². The summed E-state index contributed by atoms with van der Waals surface area (Å²) in [5.41, 5.74) is 6.35. The number of aromatic nitrogens is 1. The second kappa shape index (κ2) is 4.90. The van der Waals surface area contributed by atoms with Gasteiger partial charge in [0.25, 0.3) is 0 Å². The number of rotatable bonds is 1. The normalized spacial score (nSPS) is 17.9. The molecule has 0 aliphatic carbocycles. The van der Waals surface area contributed by atoms with E-state index in [2.05, 4.69) is 41.5 Å². The van der Waals surface area contributed by atoms with Gasteiger partial charge in [-0.25, -0.2) is 0 Å². The third-order valence-corrected chi connectivity index (χ3v) is 4.67. The molecule has 106 valence electrons. The number of hydrogen-bond donors (Lipinski definition) is 2. The molecule has 3 heteroatoms. The third kappa shape index (κ3) is 2.06. The zero-order valence-electron chi connectivity index (χ0n) is 11.9. The predicted molar refractivity (Wildman–Crippen MR) is 88.0 cm³/mol. The average Bonchev–Trinajstić information content (AvgIpc) is 2.86. The quantitative estimate of drug-likeness (QED) is 0.686. The highest BCUT2D eigenvalue weighted by Gasteiger charge is 2.26. The van der Waals surface area contributed by atoms with Crippen LogP contribution in [0, 0.1) is 6.92 Å². The van der Waals surface area contributed by atoms with Crippen molar-refractivity contribution in [2.24, 2.45) is 0 Å². The monoisotopic (exact) mass is 296 g/mol. The van der Waals surface area contributed by atoms with E-state index < -0.39 is 0 Å². The molecular formula is C18H17ClN2. The molecule has 0 saturated carbocycles. The highest BCUT2D eigenvalue weighted by atomic mass is 35.5. The Kier molecular flexibility index (Phi) is 3.02. The number of aryl methyl sites for hydroxylation is 1. The van der Waals surface area contributed by atoms with E-state index in [1.807, 2.05) is 18.2 Å². The Bertz CT molecular complexity index is 819. The molecule has 0 saturated heterocycles. The first kappa shape index (κ1) is 12.9. The maximum Gasteiger partial charge on any atom is 0.0746 e.